The van der Waals surface area contributed by atoms with Crippen molar-refractivity contribution in [3.63, 3.8) is 0 Å². The van der Waals surface area contributed by atoms with E-state index in [9.17, 15) is 13.6 Å². The molecule has 0 spiro atoms. The van der Waals surface area contributed by atoms with Crippen LogP contribution in [-0.4, -0.2) is 17.4 Å². The summed E-state index contributed by atoms with van der Waals surface area (Å²) in [4.78, 5) is 12.3. The zero-order valence-electron chi connectivity index (χ0n) is 12.0. The van der Waals surface area contributed by atoms with Gasteiger partial charge in [-0.05, 0) is 29.8 Å². The predicted octanol–water partition coefficient (Wildman–Crippen LogP) is 5.53. The van der Waals surface area contributed by atoms with Gasteiger partial charge in [-0.1, -0.05) is 47.6 Å². The highest BCUT2D eigenvalue weighted by Crippen LogP contribution is 2.31. The molecule has 0 saturated heterocycles. The number of benzene rings is 2. The van der Waals surface area contributed by atoms with E-state index in [1.54, 1.807) is 36.4 Å². The molecular formula is C16H14ClF2NOS2. The molecule has 0 fully saturated rings. The number of halogens is 3. The van der Waals surface area contributed by atoms with Gasteiger partial charge in [-0.2, -0.15) is 8.78 Å². The second kappa shape index (κ2) is 9.15. The van der Waals surface area contributed by atoms with Crippen molar-refractivity contribution in [1.82, 2.24) is 0 Å². The lowest BCUT2D eigenvalue weighted by molar-refractivity contribution is -0.113. The predicted molar refractivity (Wildman–Crippen MR) is 94.5 cm³/mol. The van der Waals surface area contributed by atoms with Gasteiger partial charge in [-0.25, -0.2) is 0 Å². The van der Waals surface area contributed by atoms with Crippen molar-refractivity contribution in [3.05, 3.63) is 59.1 Å². The van der Waals surface area contributed by atoms with Crippen molar-refractivity contribution in [2.75, 3.05) is 11.1 Å². The number of anilines is 1. The molecule has 1 amide bonds. The van der Waals surface area contributed by atoms with Crippen LogP contribution >= 0.6 is 35.1 Å². The molecule has 122 valence electrons. The molecule has 0 saturated carbocycles. The first-order valence-corrected chi connectivity index (χ1v) is 9.11. The molecule has 2 nitrogen and oxygen atoms in total. The number of carbonyl (C=O) groups excluding carboxylic acids is 1. The largest absolute Gasteiger partial charge is 0.324 e. The average Bonchev–Trinajstić information content (AvgIpc) is 2.51. The van der Waals surface area contributed by atoms with Crippen LogP contribution in [0.3, 0.4) is 0 Å². The van der Waals surface area contributed by atoms with Crippen LogP contribution < -0.4 is 5.32 Å². The van der Waals surface area contributed by atoms with Crippen molar-refractivity contribution >= 4 is 46.7 Å². The second-order valence-corrected chi connectivity index (χ2v) is 7.00. The minimum absolute atomic E-state index is 0.216. The number of para-hydroxylation sites is 1. The van der Waals surface area contributed by atoms with Gasteiger partial charge < -0.3 is 5.32 Å². The van der Waals surface area contributed by atoms with Gasteiger partial charge in [-0.3, -0.25) is 4.79 Å². The Morgan fingerprint density at radius 1 is 1.13 bits per heavy atom. The Labute approximate surface area is 147 Å². The number of alkyl halides is 2. The lowest BCUT2D eigenvalue weighted by atomic mass is 10.2. The fraction of sp³-hybridized carbons (Fsp3) is 0.188. The van der Waals surface area contributed by atoms with E-state index >= 15 is 0 Å². The first kappa shape index (κ1) is 18.1. The fourth-order valence-corrected chi connectivity index (χ4v) is 3.31. The zero-order valence-corrected chi connectivity index (χ0v) is 14.4. The summed E-state index contributed by atoms with van der Waals surface area (Å²) in [7, 11) is 0. The smallest absolute Gasteiger partial charge is 0.288 e. The Morgan fingerprint density at radius 2 is 1.83 bits per heavy atom. The van der Waals surface area contributed by atoms with Gasteiger partial charge >= 0.3 is 0 Å². The van der Waals surface area contributed by atoms with Gasteiger partial charge in [-0.15, -0.1) is 11.8 Å². The van der Waals surface area contributed by atoms with Gasteiger partial charge in [0, 0.05) is 15.7 Å². The molecule has 0 aliphatic carbocycles. The van der Waals surface area contributed by atoms with Crippen molar-refractivity contribution in [3.8, 4) is 0 Å². The standard InChI is InChI=1S/C16H14ClF2NOS2/c17-12-7-5-11(6-8-12)9-22-10-15(21)20-13-3-1-2-4-14(13)23-16(18)19/h1-8,16H,9-10H2,(H,20,21). The lowest BCUT2D eigenvalue weighted by Crippen LogP contribution is -2.14. The maximum Gasteiger partial charge on any atom is 0.288 e. The van der Waals surface area contributed by atoms with E-state index in [-0.39, 0.29) is 11.7 Å². The molecule has 0 radical (unpaired) electrons. The van der Waals surface area contributed by atoms with Crippen LogP contribution in [0.1, 0.15) is 5.56 Å². The Kier molecular flexibility index (Phi) is 7.20. The summed E-state index contributed by atoms with van der Waals surface area (Å²) in [5.41, 5.74) is 1.48. The fourth-order valence-electron chi connectivity index (χ4n) is 1.80. The molecular weight excluding hydrogens is 360 g/mol. The van der Waals surface area contributed by atoms with Crippen LogP contribution in [0.25, 0.3) is 0 Å². The number of thioether (sulfide) groups is 2. The third kappa shape index (κ3) is 6.41. The molecule has 0 aromatic heterocycles. The Balaban J connectivity index is 1.84. The van der Waals surface area contributed by atoms with E-state index in [0.717, 1.165) is 5.56 Å². The second-order valence-electron chi connectivity index (χ2n) is 4.54. The van der Waals surface area contributed by atoms with E-state index in [0.29, 0.717) is 33.1 Å². The number of hydrogen-bond donors (Lipinski definition) is 1. The molecule has 0 aliphatic rings. The first-order chi connectivity index (χ1) is 11.0. The minimum atomic E-state index is -2.52. The number of hydrogen-bond acceptors (Lipinski definition) is 3. The molecule has 7 heteroatoms. The molecule has 0 aliphatic heterocycles. The highest BCUT2D eigenvalue weighted by molar-refractivity contribution is 7.99. The molecule has 1 N–H and O–H groups in total. The highest BCUT2D eigenvalue weighted by Gasteiger charge is 2.11. The third-order valence-corrected chi connectivity index (χ3v) is 4.84. The SMILES string of the molecule is O=C(CSCc1ccc(Cl)cc1)Nc1ccccc1SC(F)F. The zero-order chi connectivity index (χ0) is 16.7. The number of rotatable bonds is 7. The lowest BCUT2D eigenvalue weighted by Gasteiger charge is -2.10. The molecule has 2 aromatic carbocycles. The summed E-state index contributed by atoms with van der Waals surface area (Å²) in [6, 6.07) is 14.0. The number of carbonyl (C=O) groups is 1. The molecule has 23 heavy (non-hydrogen) atoms. The van der Waals surface area contributed by atoms with Gasteiger partial charge in [0.05, 0.1) is 11.4 Å². The minimum Gasteiger partial charge on any atom is -0.324 e. The van der Waals surface area contributed by atoms with Gasteiger partial charge in [0.15, 0.2) is 0 Å². The van der Waals surface area contributed by atoms with E-state index in [4.69, 9.17) is 11.6 Å². The van der Waals surface area contributed by atoms with E-state index in [2.05, 4.69) is 5.32 Å². The van der Waals surface area contributed by atoms with Crippen LogP contribution in [0.5, 0.6) is 0 Å². The van der Waals surface area contributed by atoms with Crippen molar-refractivity contribution in [2.45, 2.75) is 16.4 Å². The summed E-state index contributed by atoms with van der Waals surface area (Å²) < 4.78 is 25.0. The van der Waals surface area contributed by atoms with E-state index in [1.165, 1.54) is 11.8 Å². The van der Waals surface area contributed by atoms with Crippen molar-refractivity contribution < 1.29 is 13.6 Å². The number of amides is 1. The monoisotopic (exact) mass is 373 g/mol. The molecule has 0 atom stereocenters. The van der Waals surface area contributed by atoms with E-state index < -0.39 is 5.76 Å². The molecule has 0 heterocycles. The van der Waals surface area contributed by atoms with Crippen molar-refractivity contribution in [2.24, 2.45) is 0 Å². The van der Waals surface area contributed by atoms with Gasteiger partial charge in [0.25, 0.3) is 5.76 Å². The Bertz CT molecular complexity index is 653. The molecule has 2 aromatic rings. The van der Waals surface area contributed by atoms with Gasteiger partial charge in [0.1, 0.15) is 0 Å². The quantitative estimate of drug-likeness (QED) is 0.647. The molecule has 0 unspecified atom stereocenters. The highest BCUT2D eigenvalue weighted by atomic mass is 35.5. The van der Waals surface area contributed by atoms with Gasteiger partial charge in [0.2, 0.25) is 5.91 Å². The van der Waals surface area contributed by atoms with Crippen LogP contribution in [-0.2, 0) is 10.5 Å². The summed E-state index contributed by atoms with van der Waals surface area (Å²) >= 11 is 7.68. The van der Waals surface area contributed by atoms with Crippen LogP contribution in [0.2, 0.25) is 5.02 Å². The van der Waals surface area contributed by atoms with Crippen LogP contribution in [0, 0.1) is 0 Å². The van der Waals surface area contributed by atoms with Crippen molar-refractivity contribution in [1.29, 1.82) is 0 Å². The van der Waals surface area contributed by atoms with E-state index in [1.807, 2.05) is 12.1 Å². The maximum atomic E-state index is 12.5. The number of nitrogens with one attached hydrogen (secondary N) is 1. The topological polar surface area (TPSA) is 29.1 Å². The van der Waals surface area contributed by atoms with Crippen LogP contribution in [0.15, 0.2) is 53.4 Å². The molecule has 0 bridgehead atoms. The summed E-state index contributed by atoms with van der Waals surface area (Å²) in [5, 5.41) is 3.35. The Hall–Kier alpha value is -1.24. The first-order valence-electron chi connectivity index (χ1n) is 6.70. The normalized spacial score (nSPS) is 10.8. The summed E-state index contributed by atoms with van der Waals surface area (Å²) in [6.45, 7) is 0. The maximum absolute atomic E-state index is 12.5. The van der Waals surface area contributed by atoms with Crippen LogP contribution in [0.4, 0.5) is 14.5 Å². The Morgan fingerprint density at radius 3 is 2.52 bits per heavy atom. The summed E-state index contributed by atoms with van der Waals surface area (Å²) in [6.07, 6.45) is 0. The average molecular weight is 374 g/mol. The molecule has 2 rings (SSSR count). The third-order valence-electron chi connectivity index (χ3n) is 2.79. The summed E-state index contributed by atoms with van der Waals surface area (Å²) in [5.74, 6) is -1.81.